The lowest BCUT2D eigenvalue weighted by atomic mass is 10.1. The Kier molecular flexibility index (Phi) is 5.74. The summed E-state index contributed by atoms with van der Waals surface area (Å²) in [7, 11) is -2.23. The molecule has 0 spiro atoms. The van der Waals surface area contributed by atoms with E-state index in [1.165, 1.54) is 15.3 Å². The Labute approximate surface area is 197 Å². The molecule has 0 aliphatic heterocycles. The molecule has 170 valence electrons. The van der Waals surface area contributed by atoms with Gasteiger partial charge in [0.25, 0.3) is 0 Å². The summed E-state index contributed by atoms with van der Waals surface area (Å²) in [5.74, 6) is 0. The molecule has 0 aliphatic rings. The van der Waals surface area contributed by atoms with Crippen LogP contribution in [0.4, 0.5) is 0 Å². The second-order valence-electron chi connectivity index (χ2n) is 7.66. The van der Waals surface area contributed by atoms with Gasteiger partial charge < -0.3 is 0 Å². The molecule has 10 heteroatoms. The second-order valence-corrected chi connectivity index (χ2v) is 9.71. The van der Waals surface area contributed by atoms with E-state index in [0.717, 1.165) is 22.5 Å². The molecule has 5 aromatic rings. The highest BCUT2D eigenvalue weighted by molar-refractivity contribution is 7.89. The van der Waals surface area contributed by atoms with Crippen molar-refractivity contribution in [3.05, 3.63) is 103 Å². The third-order valence-electron chi connectivity index (χ3n) is 5.39. The number of rotatable bonds is 7. The largest absolute Gasteiger partial charge is 0.243 e. The minimum absolute atomic E-state index is 0.147. The van der Waals surface area contributed by atoms with E-state index in [1.807, 2.05) is 66.9 Å². The van der Waals surface area contributed by atoms with Crippen molar-refractivity contribution in [2.24, 2.45) is 0 Å². The van der Waals surface area contributed by atoms with Crippen molar-refractivity contribution >= 4 is 10.0 Å². The molecule has 0 saturated carbocycles. The van der Waals surface area contributed by atoms with Crippen LogP contribution in [0.25, 0.3) is 22.6 Å². The summed E-state index contributed by atoms with van der Waals surface area (Å²) in [6, 6.07) is 26.0. The Hall–Kier alpha value is -4.15. The first-order valence-electron chi connectivity index (χ1n) is 10.5. The van der Waals surface area contributed by atoms with Crippen molar-refractivity contribution in [1.82, 2.24) is 34.3 Å². The number of para-hydroxylation sites is 1. The SMILES string of the molecule is CN(Cc1cn(-c2ccccc2)nc1-c1ccccc1)S(=O)(=O)c1cccc(-n2cnnn2)c1. The maximum atomic E-state index is 13.4. The number of hydrogen-bond donors (Lipinski definition) is 0. The molecular weight excluding hydrogens is 450 g/mol. The number of sulfonamides is 1. The zero-order valence-electron chi connectivity index (χ0n) is 18.3. The van der Waals surface area contributed by atoms with E-state index < -0.39 is 10.0 Å². The summed E-state index contributed by atoms with van der Waals surface area (Å²) >= 11 is 0. The quantitative estimate of drug-likeness (QED) is 0.361. The highest BCUT2D eigenvalue weighted by Gasteiger charge is 2.24. The van der Waals surface area contributed by atoms with Crippen molar-refractivity contribution in [2.75, 3.05) is 7.05 Å². The number of aromatic nitrogens is 6. The second kappa shape index (κ2) is 9.00. The Bertz CT molecular complexity index is 1500. The summed E-state index contributed by atoms with van der Waals surface area (Å²) < 4.78 is 31.4. The van der Waals surface area contributed by atoms with Crippen molar-refractivity contribution in [3.63, 3.8) is 0 Å². The highest BCUT2D eigenvalue weighted by atomic mass is 32.2. The van der Waals surface area contributed by atoms with Crippen molar-refractivity contribution in [1.29, 1.82) is 0 Å². The summed E-state index contributed by atoms with van der Waals surface area (Å²) in [6.07, 6.45) is 3.29. The molecule has 0 amide bonds. The molecule has 3 aromatic carbocycles. The molecule has 5 rings (SSSR count). The van der Waals surface area contributed by atoms with E-state index in [0.29, 0.717) is 5.69 Å². The first-order valence-corrected chi connectivity index (χ1v) is 12.0. The van der Waals surface area contributed by atoms with Crippen LogP contribution in [0.5, 0.6) is 0 Å². The molecule has 0 unspecified atom stereocenters. The standard InChI is InChI=1S/C24H21N7O2S/c1-29(34(32,33)23-14-8-13-22(15-23)31-18-25-27-28-31)16-20-17-30(21-11-6-3-7-12-21)26-24(20)19-9-4-2-5-10-19/h2-15,17-18H,16H2,1H3. The Balaban J connectivity index is 1.50. The molecule has 0 bridgehead atoms. The third-order valence-corrected chi connectivity index (χ3v) is 7.19. The Morgan fingerprint density at radius 3 is 2.26 bits per heavy atom. The smallest absolute Gasteiger partial charge is 0.240 e. The van der Waals surface area contributed by atoms with Gasteiger partial charge in [0.2, 0.25) is 10.0 Å². The highest BCUT2D eigenvalue weighted by Crippen LogP contribution is 2.27. The monoisotopic (exact) mass is 471 g/mol. The molecule has 0 saturated heterocycles. The van der Waals surface area contributed by atoms with Crippen LogP contribution in [0.3, 0.4) is 0 Å². The number of benzene rings is 3. The van der Waals surface area contributed by atoms with Gasteiger partial charge in [-0.1, -0.05) is 54.6 Å². The van der Waals surface area contributed by atoms with Crippen LogP contribution in [0, 0.1) is 0 Å². The normalized spacial score (nSPS) is 11.7. The number of hydrogen-bond acceptors (Lipinski definition) is 6. The van der Waals surface area contributed by atoms with Crippen LogP contribution in [0.15, 0.2) is 102 Å². The van der Waals surface area contributed by atoms with Gasteiger partial charge in [-0.05, 0) is 40.8 Å². The number of tetrazole rings is 1. The minimum Gasteiger partial charge on any atom is -0.240 e. The summed E-state index contributed by atoms with van der Waals surface area (Å²) in [4.78, 5) is 0.153. The van der Waals surface area contributed by atoms with Crippen molar-refractivity contribution < 1.29 is 8.42 Å². The average Bonchev–Trinajstić information content (AvgIpc) is 3.56. The predicted octanol–water partition coefficient (Wildman–Crippen LogP) is 3.34. The third kappa shape index (κ3) is 4.24. The summed E-state index contributed by atoms with van der Waals surface area (Å²) in [6.45, 7) is 0.147. The van der Waals surface area contributed by atoms with Crippen LogP contribution in [-0.2, 0) is 16.6 Å². The van der Waals surface area contributed by atoms with Crippen molar-refractivity contribution in [3.8, 4) is 22.6 Å². The molecule has 0 radical (unpaired) electrons. The zero-order valence-corrected chi connectivity index (χ0v) is 19.1. The fourth-order valence-electron chi connectivity index (χ4n) is 3.65. The molecule has 0 aliphatic carbocycles. The van der Waals surface area contributed by atoms with Crippen LogP contribution in [0.2, 0.25) is 0 Å². The predicted molar refractivity (Wildman–Crippen MR) is 127 cm³/mol. The Morgan fingerprint density at radius 1 is 0.853 bits per heavy atom. The van der Waals surface area contributed by atoms with Crippen LogP contribution in [0.1, 0.15) is 5.56 Å². The van der Waals surface area contributed by atoms with Gasteiger partial charge in [-0.25, -0.2) is 17.8 Å². The molecule has 0 N–H and O–H groups in total. The van der Waals surface area contributed by atoms with Gasteiger partial charge in [-0.2, -0.15) is 9.40 Å². The van der Waals surface area contributed by atoms with E-state index >= 15 is 0 Å². The first kappa shape index (κ1) is 21.7. The van der Waals surface area contributed by atoms with Gasteiger partial charge in [0.15, 0.2) is 0 Å². The number of nitrogens with zero attached hydrogens (tertiary/aromatic N) is 7. The molecule has 2 aromatic heterocycles. The molecule has 34 heavy (non-hydrogen) atoms. The van der Waals surface area contributed by atoms with Crippen LogP contribution < -0.4 is 0 Å². The maximum Gasteiger partial charge on any atom is 0.243 e. The average molecular weight is 472 g/mol. The Morgan fingerprint density at radius 2 is 1.56 bits per heavy atom. The van der Waals surface area contributed by atoms with Crippen molar-refractivity contribution in [2.45, 2.75) is 11.4 Å². The van der Waals surface area contributed by atoms with Gasteiger partial charge in [0.05, 0.1) is 22.0 Å². The van der Waals surface area contributed by atoms with Gasteiger partial charge in [-0.3, -0.25) is 0 Å². The maximum absolute atomic E-state index is 13.4. The lowest BCUT2D eigenvalue weighted by molar-refractivity contribution is 0.467. The van der Waals surface area contributed by atoms with Gasteiger partial charge >= 0.3 is 0 Å². The van der Waals surface area contributed by atoms with Gasteiger partial charge in [-0.15, -0.1) is 5.10 Å². The molecule has 0 fully saturated rings. The molecule has 0 atom stereocenters. The molecule has 9 nitrogen and oxygen atoms in total. The van der Waals surface area contributed by atoms with Gasteiger partial charge in [0, 0.05) is 30.9 Å². The van der Waals surface area contributed by atoms with Gasteiger partial charge in [0.1, 0.15) is 6.33 Å². The lowest BCUT2D eigenvalue weighted by Crippen LogP contribution is -2.26. The molecular formula is C24H21N7O2S. The lowest BCUT2D eigenvalue weighted by Gasteiger charge is -2.17. The summed E-state index contributed by atoms with van der Waals surface area (Å²) in [5.41, 5.74) is 3.89. The zero-order chi connectivity index (χ0) is 23.5. The first-order chi connectivity index (χ1) is 16.5. The van der Waals surface area contributed by atoms with Crippen LogP contribution >= 0.6 is 0 Å². The van der Waals surface area contributed by atoms with E-state index in [-0.39, 0.29) is 11.4 Å². The van der Waals surface area contributed by atoms with E-state index in [2.05, 4.69) is 15.5 Å². The topological polar surface area (TPSA) is 98.8 Å². The fourth-order valence-corrected chi connectivity index (χ4v) is 4.84. The van der Waals surface area contributed by atoms with E-state index in [4.69, 9.17) is 5.10 Å². The summed E-state index contributed by atoms with van der Waals surface area (Å²) in [5, 5.41) is 15.8. The molecule has 2 heterocycles. The van der Waals surface area contributed by atoms with E-state index in [9.17, 15) is 8.42 Å². The fraction of sp³-hybridized carbons (Fsp3) is 0.0833. The van der Waals surface area contributed by atoms with E-state index in [1.54, 1.807) is 36.0 Å². The minimum atomic E-state index is -3.79. The van der Waals surface area contributed by atoms with Crippen LogP contribution in [-0.4, -0.2) is 49.8 Å².